The second kappa shape index (κ2) is 42.1. The first-order chi connectivity index (χ1) is 25.6. The highest BCUT2D eigenvalue weighted by Crippen LogP contribution is 2.14. The molecule has 0 aromatic heterocycles. The summed E-state index contributed by atoms with van der Waals surface area (Å²) in [6.07, 6.45) is 54.3. The maximum Gasteiger partial charge on any atom is 0.249 e. The molecule has 304 valence electrons. The van der Waals surface area contributed by atoms with Gasteiger partial charge in [-0.3, -0.25) is 4.79 Å². The number of aliphatic hydroxyl groups is 3. The van der Waals surface area contributed by atoms with Crippen LogP contribution in [-0.2, 0) is 4.79 Å². The highest BCUT2D eigenvalue weighted by molar-refractivity contribution is 5.80. The number of carbonyl (C=O) groups is 1. The van der Waals surface area contributed by atoms with Crippen LogP contribution in [0.3, 0.4) is 0 Å². The Morgan fingerprint density at radius 2 is 0.788 bits per heavy atom. The molecule has 0 saturated carbocycles. The van der Waals surface area contributed by atoms with Crippen molar-refractivity contribution in [2.45, 2.75) is 238 Å². The van der Waals surface area contributed by atoms with E-state index in [1.165, 1.54) is 148 Å². The third-order valence-corrected chi connectivity index (χ3v) is 10.1. The Morgan fingerprint density at radius 1 is 0.462 bits per heavy atom. The molecule has 0 aromatic carbocycles. The molecule has 0 aliphatic heterocycles. The van der Waals surface area contributed by atoms with E-state index in [1.54, 1.807) is 6.08 Å². The van der Waals surface area contributed by atoms with Crippen LogP contribution in [0.4, 0.5) is 0 Å². The van der Waals surface area contributed by atoms with Crippen LogP contribution in [0.15, 0.2) is 48.6 Å². The molecule has 4 N–H and O–H groups in total. The Labute approximate surface area is 323 Å². The molecule has 0 rings (SSSR count). The molecule has 3 unspecified atom stereocenters. The standard InChI is InChI=1S/C47H87NO4/c1-3-5-7-9-11-13-15-17-19-21-23-25-27-29-31-33-35-37-39-41-45(50)44(43-49)48-47(52)46(51)42-40-38-36-34-32-30-28-26-24-22-20-18-16-14-12-10-8-6-4-2/h23-26,31,33,39,41,44-46,49-51H,3-22,27-30,32,34-38,40,42-43H2,1-2H3,(H,48,52)/b25-23+,26-24-,33-31+,41-39+. The molecule has 0 saturated heterocycles. The van der Waals surface area contributed by atoms with Gasteiger partial charge in [0.15, 0.2) is 0 Å². The number of unbranched alkanes of at least 4 members (excludes halogenated alkanes) is 26. The number of amides is 1. The summed E-state index contributed by atoms with van der Waals surface area (Å²) in [5, 5.41) is 33.1. The minimum atomic E-state index is -1.11. The van der Waals surface area contributed by atoms with Crippen LogP contribution in [0.25, 0.3) is 0 Å². The minimum Gasteiger partial charge on any atom is -0.394 e. The predicted octanol–water partition coefficient (Wildman–Crippen LogP) is 12.9. The molecule has 0 radical (unpaired) electrons. The van der Waals surface area contributed by atoms with Gasteiger partial charge in [0.1, 0.15) is 6.10 Å². The van der Waals surface area contributed by atoms with Crippen LogP contribution < -0.4 is 5.32 Å². The summed E-state index contributed by atoms with van der Waals surface area (Å²) >= 11 is 0. The van der Waals surface area contributed by atoms with Crippen molar-refractivity contribution in [3.63, 3.8) is 0 Å². The van der Waals surface area contributed by atoms with E-state index in [0.717, 1.165) is 51.4 Å². The number of hydrogen-bond donors (Lipinski definition) is 4. The average molecular weight is 730 g/mol. The van der Waals surface area contributed by atoms with Gasteiger partial charge < -0.3 is 20.6 Å². The van der Waals surface area contributed by atoms with Crippen molar-refractivity contribution in [2.24, 2.45) is 0 Å². The highest BCUT2D eigenvalue weighted by atomic mass is 16.3. The molecular formula is C47H87NO4. The second-order valence-electron chi connectivity index (χ2n) is 15.2. The predicted molar refractivity (Wildman–Crippen MR) is 227 cm³/mol. The first kappa shape index (κ1) is 50.3. The van der Waals surface area contributed by atoms with Crippen molar-refractivity contribution in [3.8, 4) is 0 Å². The molecule has 0 aliphatic carbocycles. The third kappa shape index (κ3) is 36.7. The molecule has 5 heteroatoms. The van der Waals surface area contributed by atoms with Crippen molar-refractivity contribution >= 4 is 5.91 Å². The topological polar surface area (TPSA) is 89.8 Å². The van der Waals surface area contributed by atoms with Gasteiger partial charge >= 0.3 is 0 Å². The summed E-state index contributed by atoms with van der Waals surface area (Å²) in [5.41, 5.74) is 0. The molecule has 0 heterocycles. The zero-order valence-corrected chi connectivity index (χ0v) is 34.4. The van der Waals surface area contributed by atoms with Gasteiger partial charge in [-0.25, -0.2) is 0 Å². The zero-order valence-electron chi connectivity index (χ0n) is 34.4. The Morgan fingerprint density at radius 3 is 1.17 bits per heavy atom. The van der Waals surface area contributed by atoms with Gasteiger partial charge in [-0.05, 0) is 70.6 Å². The van der Waals surface area contributed by atoms with Crippen molar-refractivity contribution in [3.05, 3.63) is 48.6 Å². The normalized spacial score (nSPS) is 14.0. The molecule has 0 bridgehead atoms. The lowest BCUT2D eigenvalue weighted by Crippen LogP contribution is -2.48. The van der Waals surface area contributed by atoms with Gasteiger partial charge in [0.2, 0.25) is 5.91 Å². The van der Waals surface area contributed by atoms with E-state index >= 15 is 0 Å². The number of carbonyl (C=O) groups excluding carboxylic acids is 1. The first-order valence-electron chi connectivity index (χ1n) is 22.5. The second-order valence-corrected chi connectivity index (χ2v) is 15.2. The number of nitrogens with one attached hydrogen (secondary N) is 1. The van der Waals surface area contributed by atoms with Gasteiger partial charge in [-0.2, -0.15) is 0 Å². The minimum absolute atomic E-state index is 0.384. The maximum atomic E-state index is 12.5. The fraction of sp³-hybridized carbons (Fsp3) is 0.809. The summed E-state index contributed by atoms with van der Waals surface area (Å²) < 4.78 is 0. The molecule has 52 heavy (non-hydrogen) atoms. The monoisotopic (exact) mass is 730 g/mol. The van der Waals surface area contributed by atoms with Gasteiger partial charge in [-0.15, -0.1) is 0 Å². The smallest absolute Gasteiger partial charge is 0.249 e. The summed E-state index contributed by atoms with van der Waals surface area (Å²) in [4.78, 5) is 12.5. The summed E-state index contributed by atoms with van der Waals surface area (Å²) in [6.45, 7) is 4.16. The third-order valence-electron chi connectivity index (χ3n) is 10.1. The van der Waals surface area contributed by atoms with Gasteiger partial charge in [-0.1, -0.05) is 197 Å². The summed E-state index contributed by atoms with van der Waals surface area (Å²) in [6, 6.07) is -0.824. The van der Waals surface area contributed by atoms with E-state index in [4.69, 9.17) is 0 Å². The van der Waals surface area contributed by atoms with Crippen molar-refractivity contribution in [1.82, 2.24) is 5.32 Å². The molecule has 0 spiro atoms. The van der Waals surface area contributed by atoms with E-state index in [0.29, 0.717) is 6.42 Å². The van der Waals surface area contributed by atoms with E-state index in [-0.39, 0.29) is 6.61 Å². The van der Waals surface area contributed by atoms with Crippen LogP contribution in [0.5, 0.6) is 0 Å². The van der Waals surface area contributed by atoms with E-state index < -0.39 is 24.2 Å². The lowest BCUT2D eigenvalue weighted by Gasteiger charge is -2.21. The van der Waals surface area contributed by atoms with Gasteiger partial charge in [0.25, 0.3) is 0 Å². The summed E-state index contributed by atoms with van der Waals surface area (Å²) in [7, 11) is 0. The molecule has 0 aromatic rings. The highest BCUT2D eigenvalue weighted by Gasteiger charge is 2.22. The Balaban J connectivity index is 3.76. The largest absolute Gasteiger partial charge is 0.394 e. The zero-order chi connectivity index (χ0) is 38.0. The molecule has 0 fully saturated rings. The van der Waals surface area contributed by atoms with Crippen LogP contribution >= 0.6 is 0 Å². The molecular weight excluding hydrogens is 643 g/mol. The van der Waals surface area contributed by atoms with Crippen molar-refractivity contribution in [2.75, 3.05) is 6.61 Å². The molecule has 3 atom stereocenters. The molecule has 1 amide bonds. The number of hydrogen-bond acceptors (Lipinski definition) is 4. The Kier molecular flexibility index (Phi) is 40.7. The fourth-order valence-corrected chi connectivity index (χ4v) is 6.56. The number of allylic oxidation sites excluding steroid dienone is 7. The first-order valence-corrected chi connectivity index (χ1v) is 22.5. The maximum absolute atomic E-state index is 12.5. The fourth-order valence-electron chi connectivity index (χ4n) is 6.56. The van der Waals surface area contributed by atoms with Gasteiger partial charge in [0.05, 0.1) is 18.8 Å². The van der Waals surface area contributed by atoms with Crippen molar-refractivity contribution < 1.29 is 20.1 Å². The lowest BCUT2D eigenvalue weighted by molar-refractivity contribution is -0.131. The quantitative estimate of drug-likeness (QED) is 0.0373. The lowest BCUT2D eigenvalue weighted by atomic mass is 10.0. The number of rotatable bonds is 40. The number of aliphatic hydroxyl groups excluding tert-OH is 3. The molecule has 0 aliphatic rings. The van der Waals surface area contributed by atoms with E-state index in [9.17, 15) is 20.1 Å². The van der Waals surface area contributed by atoms with Crippen LogP contribution in [0.2, 0.25) is 0 Å². The van der Waals surface area contributed by atoms with Crippen LogP contribution in [-0.4, -0.2) is 46.1 Å². The van der Waals surface area contributed by atoms with E-state index in [2.05, 4.69) is 55.6 Å². The Hall–Kier alpha value is -1.69. The van der Waals surface area contributed by atoms with Crippen LogP contribution in [0.1, 0.15) is 219 Å². The van der Waals surface area contributed by atoms with Crippen molar-refractivity contribution in [1.29, 1.82) is 0 Å². The SMILES string of the molecule is CCCCCCCCCCC/C=C\CCCCCCCCC(O)C(=O)NC(CO)C(O)/C=C/CC/C=C/CC/C=C/CCCCCCCCCCC. The molecule has 5 nitrogen and oxygen atoms in total. The summed E-state index contributed by atoms with van der Waals surface area (Å²) in [5.74, 6) is -0.522. The van der Waals surface area contributed by atoms with Crippen LogP contribution in [0, 0.1) is 0 Å². The van der Waals surface area contributed by atoms with Gasteiger partial charge in [0, 0.05) is 0 Å². The Bertz CT molecular complexity index is 850. The average Bonchev–Trinajstić information content (AvgIpc) is 3.15. The van der Waals surface area contributed by atoms with E-state index in [1.807, 2.05) is 6.08 Å².